The van der Waals surface area contributed by atoms with E-state index >= 15 is 0 Å². The van der Waals surface area contributed by atoms with Crippen molar-refractivity contribution in [3.05, 3.63) is 82.9 Å². The average molecular weight is 811 g/mol. The molecule has 0 unspecified atom stereocenters. The summed E-state index contributed by atoms with van der Waals surface area (Å²) >= 11 is 0. The first-order chi connectivity index (χ1) is 28.0. The summed E-state index contributed by atoms with van der Waals surface area (Å²) in [6.45, 7) is -0.408. The van der Waals surface area contributed by atoms with Gasteiger partial charge in [0.25, 0.3) is 0 Å². The van der Waals surface area contributed by atoms with Crippen molar-refractivity contribution in [1.29, 1.82) is 0 Å². The molecule has 8 atom stereocenters. The normalized spacial score (nSPS) is 20.7. The number of phenolic OH excluding ortho intramolecular Hbond substituents is 2. The maximum Gasteiger partial charge on any atom is 0.204 e. The third-order valence-corrected chi connectivity index (χ3v) is 10.6. The van der Waals surface area contributed by atoms with Crippen molar-refractivity contribution in [3.63, 3.8) is 0 Å². The van der Waals surface area contributed by atoms with Crippen LogP contribution in [0.2, 0.25) is 0 Å². The maximum atomic E-state index is 11.2. The van der Waals surface area contributed by atoms with Gasteiger partial charge >= 0.3 is 0 Å². The molecular formula is C42H50O16. The van der Waals surface area contributed by atoms with Crippen LogP contribution in [0.5, 0.6) is 57.5 Å². The predicted octanol–water partition coefficient (Wildman–Crippen LogP) is 4.17. The first kappa shape index (κ1) is 42.3. The van der Waals surface area contributed by atoms with E-state index in [4.69, 9.17) is 47.4 Å². The molecule has 16 heteroatoms. The Bertz CT molecular complexity index is 1830. The highest BCUT2D eigenvalue weighted by Gasteiger charge is 2.49. The van der Waals surface area contributed by atoms with E-state index in [2.05, 4.69) is 0 Å². The number of benzene rings is 4. The summed E-state index contributed by atoms with van der Waals surface area (Å²) in [6.07, 6.45) is -5.76. The number of aliphatic hydroxyl groups is 4. The topological polar surface area (TPSA) is 214 Å². The number of rotatable bonds is 18. The Labute approximate surface area is 335 Å². The molecule has 0 aromatic heterocycles. The zero-order valence-corrected chi connectivity index (χ0v) is 33.0. The van der Waals surface area contributed by atoms with Crippen molar-refractivity contribution >= 4 is 0 Å². The van der Waals surface area contributed by atoms with Crippen LogP contribution in [0.15, 0.2) is 60.7 Å². The summed E-state index contributed by atoms with van der Waals surface area (Å²) in [5.74, 6) is 1.38. The number of ether oxygens (including phenoxy) is 10. The van der Waals surface area contributed by atoms with E-state index in [1.165, 1.54) is 79.1 Å². The Morgan fingerprint density at radius 3 is 1.14 bits per heavy atom. The molecule has 4 aromatic rings. The van der Waals surface area contributed by atoms with Gasteiger partial charge in [-0.25, -0.2) is 0 Å². The van der Waals surface area contributed by atoms with E-state index in [0.717, 1.165) is 11.1 Å². The van der Waals surface area contributed by atoms with Gasteiger partial charge in [0.15, 0.2) is 58.2 Å². The minimum atomic E-state index is -1.31. The Hall–Kier alpha value is -5.36. The number of aliphatic hydroxyl groups excluding tert-OH is 4. The van der Waals surface area contributed by atoms with Crippen molar-refractivity contribution in [2.45, 2.75) is 36.6 Å². The van der Waals surface area contributed by atoms with E-state index in [1.807, 2.05) is 0 Å². The fraction of sp³-hybridized carbons (Fsp3) is 0.429. The SMILES string of the molecule is COc1cc([C@@H](O)[C@H](CO)Oc2c(OC)cc([C@@H]3OC[C@@H]4[C@H]3CO[C@H]4c3cc(OC)c(O[C@H](CO)[C@H](O)c4ccc(O)c(OC)c4)c(OC)c3)cc2OC)ccc1O. The van der Waals surface area contributed by atoms with Gasteiger partial charge < -0.3 is 78.0 Å². The quantitative estimate of drug-likeness (QED) is 0.0832. The van der Waals surface area contributed by atoms with E-state index in [-0.39, 0.29) is 69.3 Å². The second kappa shape index (κ2) is 18.5. The first-order valence-electron chi connectivity index (χ1n) is 18.4. The van der Waals surface area contributed by atoms with Crippen LogP contribution < -0.4 is 37.9 Å². The maximum absolute atomic E-state index is 11.2. The molecule has 0 radical (unpaired) electrons. The first-order valence-corrected chi connectivity index (χ1v) is 18.4. The van der Waals surface area contributed by atoms with E-state index < -0.39 is 49.8 Å². The van der Waals surface area contributed by atoms with E-state index in [9.17, 15) is 30.6 Å². The molecule has 58 heavy (non-hydrogen) atoms. The van der Waals surface area contributed by atoms with Gasteiger partial charge in [-0.3, -0.25) is 0 Å². The molecule has 0 spiro atoms. The molecule has 6 N–H and O–H groups in total. The van der Waals surface area contributed by atoms with Crippen molar-refractivity contribution < 1.29 is 78.0 Å². The second-order valence-corrected chi connectivity index (χ2v) is 13.8. The molecular weight excluding hydrogens is 760 g/mol. The zero-order chi connectivity index (χ0) is 41.7. The number of methoxy groups -OCH3 is 6. The fourth-order valence-electron chi connectivity index (χ4n) is 7.49. The lowest BCUT2D eigenvalue weighted by Crippen LogP contribution is -2.29. The van der Waals surface area contributed by atoms with Crippen LogP contribution in [-0.4, -0.2) is 112 Å². The molecule has 4 aromatic carbocycles. The van der Waals surface area contributed by atoms with Crippen molar-refractivity contribution in [2.24, 2.45) is 11.8 Å². The smallest absolute Gasteiger partial charge is 0.204 e. The highest BCUT2D eigenvalue weighted by Crippen LogP contribution is 2.54. The molecule has 0 aliphatic carbocycles. The highest BCUT2D eigenvalue weighted by atomic mass is 16.6. The summed E-state index contributed by atoms with van der Waals surface area (Å²) in [5, 5.41) is 62.8. The minimum absolute atomic E-state index is 0.0909. The fourth-order valence-corrected chi connectivity index (χ4v) is 7.49. The molecule has 0 amide bonds. The van der Waals surface area contributed by atoms with E-state index in [1.54, 1.807) is 24.3 Å². The molecule has 2 aliphatic rings. The van der Waals surface area contributed by atoms with Gasteiger partial charge in [0, 0.05) is 11.8 Å². The summed E-state index contributed by atoms with van der Waals surface area (Å²) in [6, 6.07) is 15.7. The standard InChI is InChI=1S/C42H50O16/c1-49-29-11-21(7-9-27(29)45)37(47)35(17-43)57-41-31(51-3)13-23(14-32(41)52-4)39-25-19-56-40(26(25)20-55-39)24-15-33(53-5)42(34(16-24)54-6)58-36(18-44)38(48)22-8-10-28(46)30(12-22)50-2/h7-16,25-26,35-40,43-48H,17-20H2,1-6H3/t25-,26-,35-,36+,37-,38-,39+,40+/m1/s1. The second-order valence-electron chi connectivity index (χ2n) is 13.8. The van der Waals surface area contributed by atoms with Crippen LogP contribution >= 0.6 is 0 Å². The monoisotopic (exact) mass is 810 g/mol. The van der Waals surface area contributed by atoms with Crippen molar-refractivity contribution in [2.75, 3.05) is 69.1 Å². The van der Waals surface area contributed by atoms with Crippen LogP contribution in [-0.2, 0) is 9.47 Å². The minimum Gasteiger partial charge on any atom is -0.504 e. The summed E-state index contributed by atoms with van der Waals surface area (Å²) in [7, 11) is 8.65. The summed E-state index contributed by atoms with van der Waals surface area (Å²) < 4.78 is 58.4. The largest absolute Gasteiger partial charge is 0.504 e. The molecule has 2 fully saturated rings. The van der Waals surface area contributed by atoms with Crippen LogP contribution in [0.1, 0.15) is 46.7 Å². The van der Waals surface area contributed by atoms with Gasteiger partial charge in [-0.2, -0.15) is 0 Å². The number of phenols is 2. The van der Waals surface area contributed by atoms with Gasteiger partial charge in [0.2, 0.25) is 11.5 Å². The van der Waals surface area contributed by atoms with Gasteiger partial charge in [-0.05, 0) is 70.8 Å². The average Bonchev–Trinajstić information content (AvgIpc) is 3.87. The van der Waals surface area contributed by atoms with Crippen LogP contribution in [0, 0.1) is 11.8 Å². The van der Waals surface area contributed by atoms with Gasteiger partial charge in [0.1, 0.15) is 12.2 Å². The van der Waals surface area contributed by atoms with Crippen molar-refractivity contribution in [3.8, 4) is 57.5 Å². The molecule has 16 nitrogen and oxygen atoms in total. The number of hydrogen-bond acceptors (Lipinski definition) is 16. The molecule has 2 saturated heterocycles. The third kappa shape index (κ3) is 8.30. The van der Waals surface area contributed by atoms with Gasteiger partial charge in [-0.15, -0.1) is 0 Å². The lowest BCUT2D eigenvalue weighted by atomic mass is 9.84. The lowest BCUT2D eigenvalue weighted by Gasteiger charge is -2.26. The van der Waals surface area contributed by atoms with E-state index in [0.29, 0.717) is 24.3 Å². The molecule has 6 rings (SSSR count). The Kier molecular flexibility index (Phi) is 13.5. The molecule has 0 saturated carbocycles. The number of hydrogen-bond donors (Lipinski definition) is 6. The van der Waals surface area contributed by atoms with Gasteiger partial charge in [0.05, 0.1) is 81.3 Å². The Morgan fingerprint density at radius 1 is 0.517 bits per heavy atom. The molecule has 0 bridgehead atoms. The number of aromatic hydroxyl groups is 2. The Morgan fingerprint density at radius 2 is 0.845 bits per heavy atom. The zero-order valence-electron chi connectivity index (χ0n) is 33.0. The van der Waals surface area contributed by atoms with Crippen LogP contribution in [0.3, 0.4) is 0 Å². The number of fused-ring (bicyclic) bond motifs is 1. The van der Waals surface area contributed by atoms with Crippen molar-refractivity contribution in [1.82, 2.24) is 0 Å². The Balaban J connectivity index is 1.22. The highest BCUT2D eigenvalue weighted by molar-refractivity contribution is 5.56. The third-order valence-electron chi connectivity index (χ3n) is 10.6. The summed E-state index contributed by atoms with van der Waals surface area (Å²) in [5.41, 5.74) is 2.17. The predicted molar refractivity (Wildman–Crippen MR) is 206 cm³/mol. The lowest BCUT2D eigenvalue weighted by molar-refractivity contribution is -0.00205. The molecule has 2 aliphatic heterocycles. The molecule has 2 heterocycles. The molecule has 314 valence electrons. The van der Waals surface area contributed by atoms with Crippen LogP contribution in [0.4, 0.5) is 0 Å². The van der Waals surface area contributed by atoms with Crippen LogP contribution in [0.25, 0.3) is 0 Å². The van der Waals surface area contributed by atoms with Gasteiger partial charge in [-0.1, -0.05) is 12.1 Å². The summed E-state index contributed by atoms with van der Waals surface area (Å²) in [4.78, 5) is 0.